The maximum absolute atomic E-state index is 12.3. The first-order valence-corrected chi connectivity index (χ1v) is 7.69. The van der Waals surface area contributed by atoms with E-state index in [0.29, 0.717) is 18.2 Å². The first-order chi connectivity index (χ1) is 9.65. The summed E-state index contributed by atoms with van der Waals surface area (Å²) in [4.78, 5) is 12.3. The van der Waals surface area contributed by atoms with Crippen molar-refractivity contribution in [3.05, 3.63) is 17.5 Å². The molecule has 1 aliphatic carbocycles. The van der Waals surface area contributed by atoms with Gasteiger partial charge in [-0.15, -0.1) is 0 Å². The van der Waals surface area contributed by atoms with Crippen molar-refractivity contribution in [3.63, 3.8) is 0 Å². The number of carbonyl (C=O) groups is 1. The molecule has 5 heteroatoms. The number of amides is 1. The van der Waals surface area contributed by atoms with E-state index in [1.807, 2.05) is 11.6 Å². The zero-order valence-electron chi connectivity index (χ0n) is 12.6. The molecule has 2 rings (SSSR count). The second-order valence-electron chi connectivity index (χ2n) is 5.77. The molecule has 112 valence electrons. The van der Waals surface area contributed by atoms with Crippen molar-refractivity contribution in [2.75, 3.05) is 6.54 Å². The van der Waals surface area contributed by atoms with Gasteiger partial charge in [-0.3, -0.25) is 9.48 Å². The Morgan fingerprint density at radius 2 is 2.35 bits per heavy atom. The standard InChI is InChI=1S/C15H26N4O/c1-3-13(9-12-5-6-12)18-15(20)14-10-17-19(11(14)2)8-4-7-16/h10,12-13H,3-9,16H2,1-2H3,(H,18,20). The fraction of sp³-hybridized carbons (Fsp3) is 0.733. The number of aromatic nitrogens is 2. The van der Waals surface area contributed by atoms with Crippen LogP contribution < -0.4 is 11.1 Å². The van der Waals surface area contributed by atoms with E-state index in [-0.39, 0.29) is 5.91 Å². The molecule has 1 aromatic rings. The minimum Gasteiger partial charge on any atom is -0.349 e. The number of hydrogen-bond donors (Lipinski definition) is 2. The molecule has 0 aliphatic heterocycles. The average molecular weight is 278 g/mol. The SMILES string of the molecule is CCC(CC1CC1)NC(=O)c1cnn(CCCN)c1C. The van der Waals surface area contributed by atoms with Gasteiger partial charge in [-0.1, -0.05) is 19.8 Å². The van der Waals surface area contributed by atoms with E-state index < -0.39 is 0 Å². The molecule has 1 amide bonds. The third-order valence-electron chi connectivity index (χ3n) is 4.06. The molecular formula is C15H26N4O. The number of nitrogens with zero attached hydrogens (tertiary/aromatic N) is 2. The van der Waals surface area contributed by atoms with Gasteiger partial charge in [0.05, 0.1) is 11.8 Å². The number of nitrogens with two attached hydrogens (primary N) is 1. The van der Waals surface area contributed by atoms with E-state index in [4.69, 9.17) is 5.73 Å². The fourth-order valence-corrected chi connectivity index (χ4v) is 2.48. The summed E-state index contributed by atoms with van der Waals surface area (Å²) in [7, 11) is 0. The maximum Gasteiger partial charge on any atom is 0.254 e. The summed E-state index contributed by atoms with van der Waals surface area (Å²) in [6.45, 7) is 5.49. The molecule has 1 fully saturated rings. The largest absolute Gasteiger partial charge is 0.349 e. The summed E-state index contributed by atoms with van der Waals surface area (Å²) in [5, 5.41) is 7.43. The van der Waals surface area contributed by atoms with Crippen molar-refractivity contribution in [3.8, 4) is 0 Å². The molecule has 20 heavy (non-hydrogen) atoms. The monoisotopic (exact) mass is 278 g/mol. The maximum atomic E-state index is 12.3. The van der Waals surface area contributed by atoms with Gasteiger partial charge in [0.25, 0.3) is 5.91 Å². The number of rotatable bonds is 8. The van der Waals surface area contributed by atoms with Crippen LogP contribution in [-0.4, -0.2) is 28.3 Å². The topological polar surface area (TPSA) is 72.9 Å². The van der Waals surface area contributed by atoms with Crippen LogP contribution in [0, 0.1) is 12.8 Å². The van der Waals surface area contributed by atoms with Gasteiger partial charge in [-0.2, -0.15) is 5.10 Å². The molecule has 1 heterocycles. The molecule has 1 aromatic heterocycles. The lowest BCUT2D eigenvalue weighted by molar-refractivity contribution is 0.0932. The lowest BCUT2D eigenvalue weighted by Crippen LogP contribution is -2.35. The minimum absolute atomic E-state index is 0.00833. The van der Waals surface area contributed by atoms with Crippen LogP contribution in [0.2, 0.25) is 0 Å². The highest BCUT2D eigenvalue weighted by Crippen LogP contribution is 2.34. The number of aryl methyl sites for hydroxylation is 1. The van der Waals surface area contributed by atoms with Gasteiger partial charge < -0.3 is 11.1 Å². The summed E-state index contributed by atoms with van der Waals surface area (Å²) in [5.41, 5.74) is 7.13. The normalized spacial score (nSPS) is 16.1. The van der Waals surface area contributed by atoms with E-state index in [1.54, 1.807) is 6.20 Å². The smallest absolute Gasteiger partial charge is 0.254 e. The van der Waals surface area contributed by atoms with Crippen LogP contribution in [0.15, 0.2) is 6.20 Å². The highest BCUT2D eigenvalue weighted by atomic mass is 16.1. The molecule has 0 bridgehead atoms. The lowest BCUT2D eigenvalue weighted by atomic mass is 10.1. The first kappa shape index (κ1) is 15.0. The second-order valence-corrected chi connectivity index (χ2v) is 5.77. The third-order valence-corrected chi connectivity index (χ3v) is 4.06. The highest BCUT2D eigenvalue weighted by Gasteiger charge is 2.26. The van der Waals surface area contributed by atoms with E-state index in [2.05, 4.69) is 17.3 Å². The van der Waals surface area contributed by atoms with Crippen molar-refractivity contribution < 1.29 is 4.79 Å². The van der Waals surface area contributed by atoms with Gasteiger partial charge in [0.15, 0.2) is 0 Å². The third kappa shape index (κ3) is 3.82. The number of carbonyl (C=O) groups excluding carboxylic acids is 1. The van der Waals surface area contributed by atoms with Crippen LogP contribution in [0.5, 0.6) is 0 Å². The Morgan fingerprint density at radius 3 is 2.95 bits per heavy atom. The van der Waals surface area contributed by atoms with Crippen LogP contribution in [0.3, 0.4) is 0 Å². The molecule has 3 N–H and O–H groups in total. The predicted molar refractivity (Wildman–Crippen MR) is 79.5 cm³/mol. The minimum atomic E-state index is 0.00833. The summed E-state index contributed by atoms with van der Waals surface area (Å²) in [6.07, 6.45) is 7.30. The van der Waals surface area contributed by atoms with Crippen molar-refractivity contribution >= 4 is 5.91 Å². The van der Waals surface area contributed by atoms with Gasteiger partial charge in [0.2, 0.25) is 0 Å². The average Bonchev–Trinajstić information content (AvgIpc) is 3.18. The Labute approximate surface area is 120 Å². The zero-order valence-corrected chi connectivity index (χ0v) is 12.6. The quantitative estimate of drug-likeness (QED) is 0.762. The van der Waals surface area contributed by atoms with Crippen molar-refractivity contribution in [2.45, 2.75) is 58.5 Å². The molecule has 1 aliphatic rings. The predicted octanol–water partition coefficient (Wildman–Crippen LogP) is 1.85. The Bertz CT molecular complexity index is 451. The Hall–Kier alpha value is -1.36. The van der Waals surface area contributed by atoms with Crippen molar-refractivity contribution in [1.29, 1.82) is 0 Å². The van der Waals surface area contributed by atoms with Crippen molar-refractivity contribution in [1.82, 2.24) is 15.1 Å². The van der Waals surface area contributed by atoms with Crippen LogP contribution in [-0.2, 0) is 6.54 Å². The van der Waals surface area contributed by atoms with Crippen LogP contribution in [0.25, 0.3) is 0 Å². The summed E-state index contributed by atoms with van der Waals surface area (Å²) >= 11 is 0. The van der Waals surface area contributed by atoms with Crippen molar-refractivity contribution in [2.24, 2.45) is 11.7 Å². The van der Waals surface area contributed by atoms with Crippen LogP contribution in [0.1, 0.15) is 55.1 Å². The second kappa shape index (κ2) is 6.88. The summed E-state index contributed by atoms with van der Waals surface area (Å²) < 4.78 is 1.86. The summed E-state index contributed by atoms with van der Waals surface area (Å²) in [6, 6.07) is 0.293. The van der Waals surface area contributed by atoms with Crippen LogP contribution in [0.4, 0.5) is 0 Å². The molecule has 0 spiro atoms. The van der Waals surface area contributed by atoms with Crippen LogP contribution >= 0.6 is 0 Å². The van der Waals surface area contributed by atoms with Gasteiger partial charge in [-0.25, -0.2) is 0 Å². The molecular weight excluding hydrogens is 252 g/mol. The first-order valence-electron chi connectivity index (χ1n) is 7.69. The van der Waals surface area contributed by atoms with E-state index >= 15 is 0 Å². The molecule has 1 unspecified atom stereocenters. The lowest BCUT2D eigenvalue weighted by Gasteiger charge is -2.16. The van der Waals surface area contributed by atoms with E-state index in [1.165, 1.54) is 12.8 Å². The van der Waals surface area contributed by atoms with Gasteiger partial charge in [0, 0.05) is 18.3 Å². The molecule has 0 radical (unpaired) electrons. The number of hydrogen-bond acceptors (Lipinski definition) is 3. The fourth-order valence-electron chi connectivity index (χ4n) is 2.48. The van der Waals surface area contributed by atoms with Gasteiger partial charge in [0.1, 0.15) is 0 Å². The Kier molecular flexibility index (Phi) is 5.17. The molecule has 1 saturated carbocycles. The molecule has 0 saturated heterocycles. The molecule has 1 atom stereocenters. The van der Waals surface area contributed by atoms with Gasteiger partial charge >= 0.3 is 0 Å². The Balaban J connectivity index is 1.95. The highest BCUT2D eigenvalue weighted by molar-refractivity contribution is 5.95. The summed E-state index contributed by atoms with van der Waals surface area (Å²) in [5.74, 6) is 0.836. The molecule has 0 aromatic carbocycles. The van der Waals surface area contributed by atoms with E-state index in [9.17, 15) is 4.79 Å². The zero-order chi connectivity index (χ0) is 14.5. The molecule has 5 nitrogen and oxygen atoms in total. The Morgan fingerprint density at radius 1 is 1.60 bits per heavy atom. The number of nitrogens with one attached hydrogen (secondary N) is 1. The van der Waals surface area contributed by atoms with E-state index in [0.717, 1.165) is 37.4 Å². The van der Waals surface area contributed by atoms with Gasteiger partial charge in [-0.05, 0) is 38.6 Å².